The van der Waals surface area contributed by atoms with E-state index in [1.165, 1.54) is 43.4 Å². The van der Waals surface area contributed by atoms with Crippen LogP contribution in [0.2, 0.25) is 0 Å². The summed E-state index contributed by atoms with van der Waals surface area (Å²) < 4.78 is 19.1. The molecule has 0 bridgehead atoms. The molecule has 0 unspecified atom stereocenters. The minimum absolute atomic E-state index is 0.0400. The Balaban J connectivity index is 1.92. The van der Waals surface area contributed by atoms with Crippen LogP contribution < -0.4 is 10.6 Å². The van der Waals surface area contributed by atoms with Gasteiger partial charge >= 0.3 is 0 Å². The Hall–Kier alpha value is -3.89. The van der Waals surface area contributed by atoms with E-state index in [1.54, 1.807) is 0 Å². The van der Waals surface area contributed by atoms with E-state index in [2.05, 4.69) is 20.6 Å². The van der Waals surface area contributed by atoms with Gasteiger partial charge in [0, 0.05) is 31.2 Å². The van der Waals surface area contributed by atoms with Crippen molar-refractivity contribution in [2.24, 2.45) is 4.99 Å². The average Bonchev–Trinajstić information content (AvgIpc) is 2.69. The van der Waals surface area contributed by atoms with E-state index in [4.69, 9.17) is 4.74 Å². The number of ether oxygens (including phenoxy) is 1. The number of aliphatic imine (C=N–C) groups is 1. The third kappa shape index (κ3) is 5.56. The lowest BCUT2D eigenvalue weighted by atomic mass is 10.2. The SMILES string of the molecule is C/N=C(/NC(=O)c1ccc([N+](=O)[O-])cc1)OCCc1nc(NC=O)ccc1F. The summed E-state index contributed by atoms with van der Waals surface area (Å²) in [5.41, 5.74) is 0.109. The van der Waals surface area contributed by atoms with Crippen LogP contribution >= 0.6 is 0 Å². The molecule has 2 N–H and O–H groups in total. The van der Waals surface area contributed by atoms with Gasteiger partial charge in [-0.1, -0.05) is 0 Å². The fourth-order valence-corrected chi connectivity index (χ4v) is 2.11. The summed E-state index contributed by atoms with van der Waals surface area (Å²) in [6, 6.07) is 7.38. The molecule has 28 heavy (non-hydrogen) atoms. The maximum atomic E-state index is 13.8. The number of amidine groups is 1. The highest BCUT2D eigenvalue weighted by molar-refractivity contribution is 6.04. The van der Waals surface area contributed by atoms with Crippen LogP contribution in [0.5, 0.6) is 0 Å². The van der Waals surface area contributed by atoms with Crippen LogP contribution in [-0.4, -0.2) is 41.9 Å². The third-order valence-electron chi connectivity index (χ3n) is 3.47. The molecule has 2 rings (SSSR count). The molecule has 1 heterocycles. The van der Waals surface area contributed by atoms with Crippen molar-refractivity contribution in [3.05, 3.63) is 63.6 Å². The Kier molecular flexibility index (Phi) is 7.08. The number of halogens is 1. The first-order valence-electron chi connectivity index (χ1n) is 7.95. The van der Waals surface area contributed by atoms with Crippen LogP contribution in [-0.2, 0) is 16.0 Å². The van der Waals surface area contributed by atoms with Gasteiger partial charge in [-0.15, -0.1) is 0 Å². The van der Waals surface area contributed by atoms with E-state index in [1.807, 2.05) is 0 Å². The maximum Gasteiger partial charge on any atom is 0.291 e. The van der Waals surface area contributed by atoms with E-state index in [9.17, 15) is 24.1 Å². The molecule has 0 radical (unpaired) electrons. The number of nitrogens with zero attached hydrogens (tertiary/aromatic N) is 3. The molecule has 0 aliphatic carbocycles. The Morgan fingerprint density at radius 2 is 2.04 bits per heavy atom. The molecule has 0 saturated heterocycles. The number of nitro groups is 1. The fourth-order valence-electron chi connectivity index (χ4n) is 2.11. The van der Waals surface area contributed by atoms with Crippen LogP contribution in [0.4, 0.5) is 15.9 Å². The summed E-state index contributed by atoms with van der Waals surface area (Å²) >= 11 is 0. The lowest BCUT2D eigenvalue weighted by Crippen LogP contribution is -2.33. The van der Waals surface area contributed by atoms with Crippen molar-refractivity contribution in [1.29, 1.82) is 0 Å². The van der Waals surface area contributed by atoms with E-state index >= 15 is 0 Å². The smallest absolute Gasteiger partial charge is 0.291 e. The molecule has 11 heteroatoms. The van der Waals surface area contributed by atoms with Gasteiger partial charge < -0.3 is 10.1 Å². The van der Waals surface area contributed by atoms with Crippen molar-refractivity contribution in [3.63, 3.8) is 0 Å². The van der Waals surface area contributed by atoms with Crippen molar-refractivity contribution < 1.29 is 23.6 Å². The number of anilines is 1. The standard InChI is InChI=1S/C17H16FN5O5/c1-19-17(22-16(25)11-2-4-12(5-3-11)23(26)27)28-9-8-14-13(18)6-7-15(21-14)20-10-24/h2-7,10H,8-9H2,1H3,(H,19,22,25)(H,20,21,24). The zero-order chi connectivity index (χ0) is 20.5. The first kappa shape index (κ1) is 20.4. The first-order valence-corrected chi connectivity index (χ1v) is 7.95. The number of carbonyl (C=O) groups excluding carboxylic acids is 2. The molecule has 2 amide bonds. The highest BCUT2D eigenvalue weighted by atomic mass is 19.1. The Morgan fingerprint density at radius 1 is 1.32 bits per heavy atom. The predicted molar refractivity (Wildman–Crippen MR) is 97.5 cm³/mol. The molecule has 1 aromatic heterocycles. The number of benzene rings is 1. The highest BCUT2D eigenvalue weighted by Gasteiger charge is 2.13. The molecule has 10 nitrogen and oxygen atoms in total. The molecule has 0 atom stereocenters. The molecule has 2 aromatic rings. The number of amides is 2. The number of rotatable bonds is 7. The van der Waals surface area contributed by atoms with Crippen molar-refractivity contribution in [2.75, 3.05) is 19.0 Å². The predicted octanol–water partition coefficient (Wildman–Crippen LogP) is 1.67. The number of nitrogens with one attached hydrogen (secondary N) is 2. The van der Waals surface area contributed by atoms with Gasteiger partial charge in [0.05, 0.1) is 17.2 Å². The highest BCUT2D eigenvalue weighted by Crippen LogP contribution is 2.12. The van der Waals surface area contributed by atoms with Crippen LogP contribution in [0.1, 0.15) is 16.1 Å². The molecule has 0 aliphatic heterocycles. The normalized spacial score (nSPS) is 10.9. The van der Waals surface area contributed by atoms with Gasteiger partial charge in [-0.05, 0) is 24.3 Å². The lowest BCUT2D eigenvalue weighted by Gasteiger charge is -2.10. The van der Waals surface area contributed by atoms with Gasteiger partial charge in [-0.25, -0.2) is 14.4 Å². The molecule has 1 aromatic carbocycles. The van der Waals surface area contributed by atoms with Gasteiger partial charge in [0.15, 0.2) is 0 Å². The molecular weight excluding hydrogens is 373 g/mol. The second kappa shape index (κ2) is 9.71. The Bertz CT molecular complexity index is 901. The van der Waals surface area contributed by atoms with Gasteiger partial charge in [0.2, 0.25) is 6.41 Å². The van der Waals surface area contributed by atoms with Crippen LogP contribution in [0, 0.1) is 15.9 Å². The zero-order valence-electron chi connectivity index (χ0n) is 14.7. The van der Waals surface area contributed by atoms with Crippen molar-refractivity contribution in [1.82, 2.24) is 10.3 Å². The summed E-state index contributed by atoms with van der Waals surface area (Å²) in [5.74, 6) is -0.941. The summed E-state index contributed by atoms with van der Waals surface area (Å²) in [6.07, 6.45) is 0.489. The number of carbonyl (C=O) groups is 2. The molecule has 0 spiro atoms. The van der Waals surface area contributed by atoms with Gasteiger partial charge in [0.1, 0.15) is 11.6 Å². The van der Waals surface area contributed by atoms with Crippen molar-refractivity contribution >= 4 is 29.8 Å². The summed E-state index contributed by atoms with van der Waals surface area (Å²) in [7, 11) is 1.39. The monoisotopic (exact) mass is 389 g/mol. The largest absolute Gasteiger partial charge is 0.465 e. The lowest BCUT2D eigenvalue weighted by molar-refractivity contribution is -0.384. The van der Waals surface area contributed by atoms with Gasteiger partial charge in [0.25, 0.3) is 17.6 Å². The third-order valence-corrected chi connectivity index (χ3v) is 3.47. The van der Waals surface area contributed by atoms with Crippen molar-refractivity contribution in [3.8, 4) is 0 Å². The fraction of sp³-hybridized carbons (Fsp3) is 0.176. The zero-order valence-corrected chi connectivity index (χ0v) is 14.7. The molecular formula is C17H16FN5O5. The molecule has 0 aliphatic rings. The molecule has 0 fully saturated rings. The van der Waals surface area contributed by atoms with Crippen LogP contribution in [0.25, 0.3) is 0 Å². The number of hydrogen-bond acceptors (Lipinski definition) is 7. The van der Waals surface area contributed by atoms with E-state index in [0.29, 0.717) is 6.41 Å². The summed E-state index contributed by atoms with van der Waals surface area (Å²) in [6.45, 7) is -0.0400. The van der Waals surface area contributed by atoms with Gasteiger partial charge in [-0.2, -0.15) is 0 Å². The topological polar surface area (TPSA) is 136 Å². The second-order valence-corrected chi connectivity index (χ2v) is 5.27. The molecule has 146 valence electrons. The van der Waals surface area contributed by atoms with Crippen LogP contribution in [0.15, 0.2) is 41.4 Å². The second-order valence-electron chi connectivity index (χ2n) is 5.27. The minimum atomic E-state index is -0.573. The maximum absolute atomic E-state index is 13.8. The first-order chi connectivity index (χ1) is 13.4. The van der Waals surface area contributed by atoms with E-state index < -0.39 is 16.6 Å². The number of non-ortho nitro benzene ring substituents is 1. The van der Waals surface area contributed by atoms with Crippen LogP contribution in [0.3, 0.4) is 0 Å². The Morgan fingerprint density at radius 3 is 2.64 bits per heavy atom. The number of hydrogen-bond donors (Lipinski definition) is 2. The average molecular weight is 389 g/mol. The number of pyridine rings is 1. The quantitative estimate of drug-likeness (QED) is 0.243. The minimum Gasteiger partial charge on any atom is -0.465 e. The van der Waals surface area contributed by atoms with Crippen molar-refractivity contribution in [2.45, 2.75) is 6.42 Å². The number of aromatic nitrogens is 1. The van der Waals surface area contributed by atoms with Gasteiger partial charge in [-0.3, -0.25) is 25.0 Å². The van der Waals surface area contributed by atoms with E-state index in [-0.39, 0.29) is 41.8 Å². The Labute approximate surface area is 158 Å². The summed E-state index contributed by atoms with van der Waals surface area (Å²) in [4.78, 5) is 40.3. The molecule has 0 saturated carbocycles. The number of nitro benzene ring substituents is 1. The van der Waals surface area contributed by atoms with E-state index in [0.717, 1.165) is 0 Å². The summed E-state index contributed by atoms with van der Waals surface area (Å²) in [5, 5.41) is 15.4.